The Morgan fingerprint density at radius 3 is 2.86 bits per heavy atom. The molecule has 21 heavy (non-hydrogen) atoms. The number of amides is 1. The Labute approximate surface area is 136 Å². The summed E-state index contributed by atoms with van der Waals surface area (Å²) in [6, 6.07) is 0. The van der Waals surface area contributed by atoms with Gasteiger partial charge in [0, 0.05) is 12.5 Å². The Hall–Kier alpha value is -1.34. The highest BCUT2D eigenvalue weighted by atomic mass is 79.9. The fourth-order valence-corrected chi connectivity index (χ4v) is 3.07. The molecule has 1 N–H and O–H groups in total. The number of anilines is 1. The van der Waals surface area contributed by atoms with Crippen LogP contribution >= 0.6 is 27.3 Å². The van der Waals surface area contributed by atoms with E-state index in [0.29, 0.717) is 30.5 Å². The first kappa shape index (κ1) is 16.0. The number of thiazole rings is 1. The molecule has 0 saturated carbocycles. The number of halogens is 1. The zero-order valence-corrected chi connectivity index (χ0v) is 14.3. The predicted molar refractivity (Wildman–Crippen MR) is 86.0 cm³/mol. The van der Waals surface area contributed by atoms with E-state index in [1.54, 1.807) is 6.20 Å². The standard InChI is InChI=1S/C14H17BrN2O3S/c1-3-19-10-5-9(6-11(7-10)20-4-2)13(18)17-14-16-8-12(15)21-14/h5,7-9H,3-4,6H2,1-2H3,(H,16,17,18). The van der Waals surface area contributed by atoms with Crippen molar-refractivity contribution in [3.8, 4) is 0 Å². The molecule has 0 saturated heterocycles. The molecule has 1 aromatic rings. The summed E-state index contributed by atoms with van der Waals surface area (Å²) < 4.78 is 11.9. The molecule has 0 fully saturated rings. The Morgan fingerprint density at radius 2 is 2.24 bits per heavy atom. The number of ether oxygens (including phenoxy) is 2. The molecule has 0 aliphatic heterocycles. The number of aromatic nitrogens is 1. The van der Waals surface area contributed by atoms with Gasteiger partial charge in [-0.05, 0) is 35.9 Å². The van der Waals surface area contributed by atoms with Gasteiger partial charge < -0.3 is 14.8 Å². The van der Waals surface area contributed by atoms with Gasteiger partial charge >= 0.3 is 0 Å². The van der Waals surface area contributed by atoms with Crippen LogP contribution in [0.1, 0.15) is 20.3 Å². The van der Waals surface area contributed by atoms with Crippen LogP contribution in [-0.2, 0) is 14.3 Å². The van der Waals surface area contributed by atoms with Crippen molar-refractivity contribution in [2.75, 3.05) is 18.5 Å². The third-order valence-corrected chi connectivity index (χ3v) is 4.17. The average molecular weight is 373 g/mol. The van der Waals surface area contributed by atoms with Crippen molar-refractivity contribution in [2.24, 2.45) is 5.92 Å². The normalized spacial score (nSPS) is 17.8. The van der Waals surface area contributed by atoms with E-state index >= 15 is 0 Å². The van der Waals surface area contributed by atoms with E-state index in [4.69, 9.17) is 9.47 Å². The van der Waals surface area contributed by atoms with Gasteiger partial charge in [-0.15, -0.1) is 0 Å². The van der Waals surface area contributed by atoms with E-state index in [2.05, 4.69) is 26.2 Å². The summed E-state index contributed by atoms with van der Waals surface area (Å²) in [6.45, 7) is 4.95. The van der Waals surface area contributed by atoms with Gasteiger partial charge in [-0.1, -0.05) is 11.3 Å². The minimum Gasteiger partial charge on any atom is -0.498 e. The van der Waals surface area contributed by atoms with Crippen molar-refractivity contribution in [1.82, 2.24) is 4.98 Å². The third kappa shape index (κ3) is 4.57. The molecule has 1 heterocycles. The zero-order chi connectivity index (χ0) is 15.2. The molecule has 1 aliphatic carbocycles. The van der Waals surface area contributed by atoms with Crippen LogP contribution in [0.3, 0.4) is 0 Å². The number of carbonyl (C=O) groups excluding carboxylic acids is 1. The molecule has 1 aliphatic rings. The minimum atomic E-state index is -0.319. The molecule has 0 radical (unpaired) electrons. The largest absolute Gasteiger partial charge is 0.498 e. The quantitative estimate of drug-likeness (QED) is 0.826. The smallest absolute Gasteiger partial charge is 0.233 e. The number of hydrogen-bond donors (Lipinski definition) is 1. The van der Waals surface area contributed by atoms with E-state index in [1.807, 2.05) is 26.0 Å². The highest BCUT2D eigenvalue weighted by Gasteiger charge is 2.24. The number of carbonyl (C=O) groups is 1. The molecule has 1 amide bonds. The van der Waals surface area contributed by atoms with Crippen molar-refractivity contribution in [3.05, 3.63) is 33.7 Å². The molecule has 1 unspecified atom stereocenters. The van der Waals surface area contributed by atoms with Crippen LogP contribution in [0.25, 0.3) is 0 Å². The van der Waals surface area contributed by atoms with E-state index in [1.165, 1.54) is 11.3 Å². The van der Waals surface area contributed by atoms with Crippen LogP contribution in [-0.4, -0.2) is 24.1 Å². The van der Waals surface area contributed by atoms with Crippen LogP contribution in [0.15, 0.2) is 33.7 Å². The van der Waals surface area contributed by atoms with Crippen molar-refractivity contribution in [3.63, 3.8) is 0 Å². The van der Waals surface area contributed by atoms with Gasteiger partial charge in [-0.25, -0.2) is 4.98 Å². The van der Waals surface area contributed by atoms with E-state index in [0.717, 1.165) is 9.55 Å². The van der Waals surface area contributed by atoms with Crippen LogP contribution in [0.5, 0.6) is 0 Å². The zero-order valence-electron chi connectivity index (χ0n) is 11.9. The molecule has 1 atom stereocenters. The first-order valence-corrected chi connectivity index (χ1v) is 8.33. The summed E-state index contributed by atoms with van der Waals surface area (Å²) in [5.74, 6) is 1.01. The highest BCUT2D eigenvalue weighted by Crippen LogP contribution is 2.27. The summed E-state index contributed by atoms with van der Waals surface area (Å²) in [6.07, 6.45) is 5.86. The van der Waals surface area contributed by atoms with E-state index in [9.17, 15) is 4.79 Å². The van der Waals surface area contributed by atoms with Gasteiger partial charge in [0.15, 0.2) is 5.13 Å². The second-order valence-corrected chi connectivity index (χ2v) is 6.72. The van der Waals surface area contributed by atoms with Crippen molar-refractivity contribution >= 4 is 38.3 Å². The summed E-state index contributed by atoms with van der Waals surface area (Å²) in [5.41, 5.74) is 0. The molecular formula is C14H17BrN2O3S. The molecule has 114 valence electrons. The molecule has 0 aromatic carbocycles. The van der Waals surface area contributed by atoms with Crippen molar-refractivity contribution in [1.29, 1.82) is 0 Å². The average Bonchev–Trinajstić information content (AvgIpc) is 2.84. The lowest BCUT2D eigenvalue weighted by molar-refractivity contribution is -0.118. The summed E-state index contributed by atoms with van der Waals surface area (Å²) >= 11 is 4.70. The number of nitrogens with zero attached hydrogens (tertiary/aromatic N) is 1. The molecular weight excluding hydrogens is 356 g/mol. The maximum atomic E-state index is 12.3. The number of rotatable bonds is 6. The number of nitrogens with one attached hydrogen (secondary N) is 1. The van der Waals surface area contributed by atoms with Gasteiger partial charge in [0.2, 0.25) is 5.91 Å². The monoisotopic (exact) mass is 372 g/mol. The number of allylic oxidation sites excluding steroid dienone is 2. The molecule has 1 aromatic heterocycles. The van der Waals surface area contributed by atoms with Crippen LogP contribution in [0.2, 0.25) is 0 Å². The van der Waals surface area contributed by atoms with Crippen molar-refractivity contribution in [2.45, 2.75) is 20.3 Å². The van der Waals surface area contributed by atoms with Gasteiger partial charge in [0.1, 0.15) is 11.5 Å². The highest BCUT2D eigenvalue weighted by molar-refractivity contribution is 9.11. The first-order chi connectivity index (χ1) is 10.1. The fraction of sp³-hybridized carbons (Fsp3) is 0.429. The summed E-state index contributed by atoms with van der Waals surface area (Å²) in [5, 5.41) is 3.39. The Bertz CT molecular complexity index is 568. The third-order valence-electron chi connectivity index (χ3n) is 2.77. The second kappa shape index (κ2) is 7.61. The molecule has 0 spiro atoms. The second-order valence-electron chi connectivity index (χ2n) is 4.32. The number of hydrogen-bond acceptors (Lipinski definition) is 5. The maximum Gasteiger partial charge on any atom is 0.233 e. The lowest BCUT2D eigenvalue weighted by atomic mass is 9.97. The van der Waals surface area contributed by atoms with Gasteiger partial charge in [-0.2, -0.15) is 0 Å². The fourth-order valence-electron chi connectivity index (χ4n) is 1.96. The SMILES string of the molecule is CCOC1=CC(C(=O)Nc2ncc(Br)s2)CC(OCC)=C1. The van der Waals surface area contributed by atoms with E-state index in [-0.39, 0.29) is 11.8 Å². The Kier molecular flexibility index (Phi) is 5.81. The molecule has 0 bridgehead atoms. The topological polar surface area (TPSA) is 60.5 Å². The molecule has 7 heteroatoms. The van der Waals surface area contributed by atoms with E-state index < -0.39 is 0 Å². The minimum absolute atomic E-state index is 0.112. The first-order valence-electron chi connectivity index (χ1n) is 6.72. The van der Waals surface area contributed by atoms with Gasteiger partial charge in [0.25, 0.3) is 0 Å². The predicted octanol–water partition coefficient (Wildman–Crippen LogP) is 3.70. The van der Waals surface area contributed by atoms with Gasteiger partial charge in [0.05, 0.1) is 29.1 Å². The van der Waals surface area contributed by atoms with Crippen LogP contribution in [0, 0.1) is 5.92 Å². The molecule has 2 rings (SSSR count). The Morgan fingerprint density at radius 1 is 1.48 bits per heavy atom. The van der Waals surface area contributed by atoms with Gasteiger partial charge in [-0.3, -0.25) is 4.79 Å². The van der Waals surface area contributed by atoms with Crippen molar-refractivity contribution < 1.29 is 14.3 Å². The summed E-state index contributed by atoms with van der Waals surface area (Å²) in [4.78, 5) is 16.4. The lowest BCUT2D eigenvalue weighted by Crippen LogP contribution is -2.24. The van der Waals surface area contributed by atoms with Crippen LogP contribution in [0.4, 0.5) is 5.13 Å². The lowest BCUT2D eigenvalue weighted by Gasteiger charge is -2.20. The Balaban J connectivity index is 2.07. The summed E-state index contributed by atoms with van der Waals surface area (Å²) in [7, 11) is 0. The van der Waals surface area contributed by atoms with Crippen LogP contribution < -0.4 is 5.32 Å². The molecule has 5 nitrogen and oxygen atoms in total. The maximum absolute atomic E-state index is 12.3.